The summed E-state index contributed by atoms with van der Waals surface area (Å²) in [5.74, 6) is 7.09. The number of hydrazine groups is 1. The van der Waals surface area contributed by atoms with Crippen LogP contribution in [0.5, 0.6) is 0 Å². The first-order chi connectivity index (χ1) is 9.54. The van der Waals surface area contributed by atoms with E-state index in [1.807, 2.05) is 0 Å². The second-order valence-corrected chi connectivity index (χ2v) is 6.95. The Kier molecular flexibility index (Phi) is 4.87. The van der Waals surface area contributed by atoms with Crippen LogP contribution in [0.4, 0.5) is 17.8 Å². The topological polar surface area (TPSA) is 92.0 Å². The van der Waals surface area contributed by atoms with Crippen molar-refractivity contribution < 1.29 is 0 Å². The quantitative estimate of drug-likeness (QED) is 0.535. The SMILES string of the molecule is CSC(C)(C)CNc1nc(NN)nc(N2CCCC2)n1. The highest BCUT2D eigenvalue weighted by molar-refractivity contribution is 7.99. The number of hydrogen-bond donors (Lipinski definition) is 3. The molecule has 2 heterocycles. The molecule has 1 aromatic rings. The van der Waals surface area contributed by atoms with E-state index in [9.17, 15) is 0 Å². The molecule has 1 fully saturated rings. The Balaban J connectivity index is 2.13. The fourth-order valence-electron chi connectivity index (χ4n) is 1.93. The van der Waals surface area contributed by atoms with Crippen LogP contribution < -0.4 is 21.5 Å². The zero-order valence-corrected chi connectivity index (χ0v) is 13.1. The molecule has 7 nitrogen and oxygen atoms in total. The molecule has 1 aliphatic rings. The predicted molar refractivity (Wildman–Crippen MR) is 85.2 cm³/mol. The van der Waals surface area contributed by atoms with Gasteiger partial charge in [-0.2, -0.15) is 26.7 Å². The van der Waals surface area contributed by atoms with Crippen LogP contribution in [-0.4, -0.2) is 45.6 Å². The van der Waals surface area contributed by atoms with Crippen molar-refractivity contribution in [3.8, 4) is 0 Å². The molecule has 2 rings (SSSR count). The molecule has 4 N–H and O–H groups in total. The predicted octanol–water partition coefficient (Wildman–Crippen LogP) is 1.31. The fraction of sp³-hybridized carbons (Fsp3) is 0.750. The second-order valence-electron chi connectivity index (χ2n) is 5.44. The Morgan fingerprint density at radius 3 is 2.45 bits per heavy atom. The van der Waals surface area contributed by atoms with E-state index in [0.717, 1.165) is 19.6 Å². The number of thioether (sulfide) groups is 1. The van der Waals surface area contributed by atoms with Crippen molar-refractivity contribution in [2.45, 2.75) is 31.4 Å². The van der Waals surface area contributed by atoms with Gasteiger partial charge in [-0.15, -0.1) is 0 Å². The van der Waals surface area contributed by atoms with Gasteiger partial charge in [0.2, 0.25) is 17.8 Å². The third-order valence-electron chi connectivity index (χ3n) is 3.37. The lowest BCUT2D eigenvalue weighted by Crippen LogP contribution is -2.28. The molecule has 0 spiro atoms. The third kappa shape index (κ3) is 3.86. The van der Waals surface area contributed by atoms with Crippen LogP contribution in [0.2, 0.25) is 0 Å². The standard InChI is InChI=1S/C12H23N7S/c1-12(2,20-3)8-14-9-15-10(18-13)17-11(16-9)19-6-4-5-7-19/h4-8,13H2,1-3H3,(H2,14,15,16,17,18). The maximum Gasteiger partial charge on any atom is 0.243 e. The van der Waals surface area contributed by atoms with Crippen LogP contribution in [-0.2, 0) is 0 Å². The maximum absolute atomic E-state index is 5.44. The van der Waals surface area contributed by atoms with Gasteiger partial charge in [0.1, 0.15) is 0 Å². The maximum atomic E-state index is 5.44. The first-order valence-electron chi connectivity index (χ1n) is 6.81. The summed E-state index contributed by atoms with van der Waals surface area (Å²) >= 11 is 1.80. The van der Waals surface area contributed by atoms with Crippen LogP contribution >= 0.6 is 11.8 Å². The van der Waals surface area contributed by atoms with Crippen molar-refractivity contribution in [3.05, 3.63) is 0 Å². The van der Waals surface area contributed by atoms with Gasteiger partial charge in [0.25, 0.3) is 0 Å². The molecule has 1 saturated heterocycles. The average Bonchev–Trinajstić information content (AvgIpc) is 2.99. The summed E-state index contributed by atoms with van der Waals surface area (Å²) in [5.41, 5.74) is 2.51. The van der Waals surface area contributed by atoms with E-state index in [1.165, 1.54) is 12.8 Å². The molecule has 8 heteroatoms. The molecule has 0 atom stereocenters. The van der Waals surface area contributed by atoms with Crippen LogP contribution in [0.3, 0.4) is 0 Å². The number of hydrogen-bond acceptors (Lipinski definition) is 8. The zero-order valence-electron chi connectivity index (χ0n) is 12.3. The first kappa shape index (κ1) is 15.1. The van der Waals surface area contributed by atoms with Gasteiger partial charge >= 0.3 is 0 Å². The molecule has 0 bridgehead atoms. The lowest BCUT2D eigenvalue weighted by Gasteiger charge is -2.23. The van der Waals surface area contributed by atoms with Gasteiger partial charge in [-0.3, -0.25) is 5.43 Å². The lowest BCUT2D eigenvalue weighted by atomic mass is 10.2. The van der Waals surface area contributed by atoms with Crippen LogP contribution in [0, 0.1) is 0 Å². The number of anilines is 3. The van der Waals surface area contributed by atoms with Gasteiger partial charge in [0, 0.05) is 24.4 Å². The van der Waals surface area contributed by atoms with Crippen LogP contribution in [0.15, 0.2) is 0 Å². The highest BCUT2D eigenvalue weighted by atomic mass is 32.2. The molecule has 0 saturated carbocycles. The molecular formula is C12H23N7S. The van der Waals surface area contributed by atoms with Gasteiger partial charge < -0.3 is 10.2 Å². The van der Waals surface area contributed by atoms with Crippen molar-refractivity contribution in [2.75, 3.05) is 41.5 Å². The number of nitrogens with two attached hydrogens (primary N) is 1. The largest absolute Gasteiger partial charge is 0.353 e. The number of rotatable bonds is 6. The third-order valence-corrected chi connectivity index (χ3v) is 4.62. The molecule has 0 radical (unpaired) electrons. The first-order valence-corrected chi connectivity index (χ1v) is 8.03. The van der Waals surface area contributed by atoms with Crippen molar-refractivity contribution in [2.24, 2.45) is 5.84 Å². The van der Waals surface area contributed by atoms with Crippen LogP contribution in [0.25, 0.3) is 0 Å². The van der Waals surface area contributed by atoms with E-state index in [0.29, 0.717) is 17.8 Å². The lowest BCUT2D eigenvalue weighted by molar-refractivity contribution is 0.744. The number of nitrogens with one attached hydrogen (secondary N) is 2. The molecule has 0 aromatic carbocycles. The smallest absolute Gasteiger partial charge is 0.243 e. The van der Waals surface area contributed by atoms with E-state index >= 15 is 0 Å². The minimum Gasteiger partial charge on any atom is -0.353 e. The summed E-state index contributed by atoms with van der Waals surface area (Å²) in [5, 5.41) is 3.27. The number of nitrogens with zero attached hydrogens (tertiary/aromatic N) is 4. The van der Waals surface area contributed by atoms with Gasteiger partial charge in [0.05, 0.1) is 0 Å². The molecule has 0 aliphatic carbocycles. The Morgan fingerprint density at radius 1 is 1.20 bits per heavy atom. The Morgan fingerprint density at radius 2 is 1.85 bits per heavy atom. The fourth-order valence-corrected chi connectivity index (χ4v) is 2.15. The van der Waals surface area contributed by atoms with Crippen molar-refractivity contribution in [1.29, 1.82) is 0 Å². The Labute approximate surface area is 124 Å². The van der Waals surface area contributed by atoms with Crippen LogP contribution in [0.1, 0.15) is 26.7 Å². The minimum atomic E-state index is 0.122. The molecule has 0 unspecified atom stereocenters. The summed E-state index contributed by atoms with van der Waals surface area (Å²) in [6, 6.07) is 0. The summed E-state index contributed by atoms with van der Waals surface area (Å²) in [7, 11) is 0. The summed E-state index contributed by atoms with van der Waals surface area (Å²) in [4.78, 5) is 15.2. The van der Waals surface area contributed by atoms with Gasteiger partial charge in [0.15, 0.2) is 0 Å². The monoisotopic (exact) mass is 297 g/mol. The van der Waals surface area contributed by atoms with E-state index in [4.69, 9.17) is 5.84 Å². The molecule has 112 valence electrons. The minimum absolute atomic E-state index is 0.122. The zero-order chi connectivity index (χ0) is 14.6. The van der Waals surface area contributed by atoms with E-state index in [1.54, 1.807) is 11.8 Å². The number of nitrogen functional groups attached to an aromatic ring is 1. The highest BCUT2D eigenvalue weighted by Crippen LogP contribution is 2.22. The van der Waals surface area contributed by atoms with Gasteiger partial charge in [-0.05, 0) is 32.9 Å². The van der Waals surface area contributed by atoms with Crippen molar-refractivity contribution >= 4 is 29.6 Å². The normalized spacial score (nSPS) is 15.5. The summed E-state index contributed by atoms with van der Waals surface area (Å²) in [6.45, 7) is 7.11. The highest BCUT2D eigenvalue weighted by Gasteiger charge is 2.19. The van der Waals surface area contributed by atoms with Gasteiger partial charge in [-0.1, -0.05) is 0 Å². The summed E-state index contributed by atoms with van der Waals surface area (Å²) < 4.78 is 0.122. The second kappa shape index (κ2) is 6.45. The van der Waals surface area contributed by atoms with Crippen molar-refractivity contribution in [1.82, 2.24) is 15.0 Å². The van der Waals surface area contributed by atoms with Crippen molar-refractivity contribution in [3.63, 3.8) is 0 Å². The summed E-state index contributed by atoms with van der Waals surface area (Å²) in [6.07, 6.45) is 4.45. The molecule has 0 amide bonds. The number of aromatic nitrogens is 3. The molecule has 20 heavy (non-hydrogen) atoms. The van der Waals surface area contributed by atoms with E-state index < -0.39 is 0 Å². The molecular weight excluding hydrogens is 274 g/mol. The van der Waals surface area contributed by atoms with E-state index in [-0.39, 0.29) is 4.75 Å². The van der Waals surface area contributed by atoms with E-state index in [2.05, 4.69) is 50.7 Å². The van der Waals surface area contributed by atoms with Gasteiger partial charge in [-0.25, -0.2) is 5.84 Å². The average molecular weight is 297 g/mol. The molecule has 1 aliphatic heterocycles. The Bertz CT molecular complexity index is 445. The molecule has 1 aromatic heterocycles. The Hall–Kier alpha value is -1.28.